The molecule has 1 amide bonds. The van der Waals surface area contributed by atoms with Crippen LogP contribution in [-0.2, 0) is 10.2 Å². The fourth-order valence-electron chi connectivity index (χ4n) is 3.54. The molecule has 1 aliphatic heterocycles. The Morgan fingerprint density at radius 1 is 1.56 bits per heavy atom. The molecule has 1 aliphatic carbocycles. The number of benzene rings is 1. The Hall–Kier alpha value is -1.57. The average Bonchev–Trinajstić information content (AvgIpc) is 2.78. The van der Waals surface area contributed by atoms with Gasteiger partial charge in [-0.1, -0.05) is 42.8 Å². The van der Waals surface area contributed by atoms with Crippen molar-refractivity contribution in [2.75, 3.05) is 13.1 Å². The van der Waals surface area contributed by atoms with Crippen LogP contribution in [0.25, 0.3) is 0 Å². The Kier molecular flexibility index (Phi) is 2.37. The second-order valence-corrected chi connectivity index (χ2v) is 5.77. The second kappa shape index (κ2) is 3.71. The van der Waals surface area contributed by atoms with Crippen LogP contribution in [0.3, 0.4) is 0 Å². The molecule has 94 valence electrons. The summed E-state index contributed by atoms with van der Waals surface area (Å²) >= 11 is 0. The van der Waals surface area contributed by atoms with Gasteiger partial charge in [0.05, 0.1) is 5.92 Å². The lowest BCUT2D eigenvalue weighted by atomic mass is 9.91. The summed E-state index contributed by atoms with van der Waals surface area (Å²) in [5, 5.41) is 0. The van der Waals surface area contributed by atoms with Gasteiger partial charge in [-0.3, -0.25) is 4.79 Å². The molecule has 1 heterocycles. The molecule has 2 nitrogen and oxygen atoms in total. The maximum absolute atomic E-state index is 12.3. The van der Waals surface area contributed by atoms with E-state index in [1.165, 1.54) is 11.1 Å². The van der Waals surface area contributed by atoms with E-state index in [0.717, 1.165) is 6.54 Å². The van der Waals surface area contributed by atoms with Gasteiger partial charge >= 0.3 is 0 Å². The van der Waals surface area contributed by atoms with Crippen LogP contribution in [0.5, 0.6) is 0 Å². The summed E-state index contributed by atoms with van der Waals surface area (Å²) in [5.41, 5.74) is 2.67. The van der Waals surface area contributed by atoms with Crippen molar-refractivity contribution in [1.29, 1.82) is 0 Å². The molecule has 0 N–H and O–H groups in total. The molecule has 1 saturated heterocycles. The summed E-state index contributed by atoms with van der Waals surface area (Å²) in [7, 11) is 0. The monoisotopic (exact) mass is 241 g/mol. The number of carbonyl (C=O) groups excluding carboxylic acids is 1. The first-order valence-electron chi connectivity index (χ1n) is 6.56. The van der Waals surface area contributed by atoms with Gasteiger partial charge in [0.1, 0.15) is 0 Å². The molecule has 0 aromatic heterocycles. The van der Waals surface area contributed by atoms with Crippen LogP contribution in [0, 0.1) is 18.8 Å². The molecule has 2 heteroatoms. The summed E-state index contributed by atoms with van der Waals surface area (Å²) in [5.74, 6) is 0.995. The highest BCUT2D eigenvalue weighted by atomic mass is 16.2. The van der Waals surface area contributed by atoms with Crippen LogP contribution >= 0.6 is 0 Å². The zero-order valence-electron chi connectivity index (χ0n) is 11.0. The topological polar surface area (TPSA) is 20.3 Å². The molecule has 1 aromatic carbocycles. The molecule has 3 atom stereocenters. The van der Waals surface area contributed by atoms with Crippen molar-refractivity contribution in [1.82, 2.24) is 4.90 Å². The third kappa shape index (κ3) is 1.38. The highest BCUT2D eigenvalue weighted by Gasteiger charge is 2.70. The van der Waals surface area contributed by atoms with Crippen LogP contribution < -0.4 is 0 Å². The number of aryl methyl sites for hydroxylation is 1. The number of amides is 1. The number of carbonyl (C=O) groups is 1. The van der Waals surface area contributed by atoms with Crippen LogP contribution in [0.1, 0.15) is 18.1 Å². The summed E-state index contributed by atoms with van der Waals surface area (Å²) in [6.07, 6.45) is 1.81. The lowest BCUT2D eigenvalue weighted by Gasteiger charge is -2.23. The van der Waals surface area contributed by atoms with E-state index in [0.29, 0.717) is 18.4 Å². The number of hydrogen-bond acceptors (Lipinski definition) is 1. The number of fused-ring (bicyclic) bond motifs is 1. The molecule has 3 rings (SSSR count). The number of piperidine rings is 1. The average molecular weight is 241 g/mol. The van der Waals surface area contributed by atoms with E-state index in [1.54, 1.807) is 0 Å². The quantitative estimate of drug-likeness (QED) is 0.745. The lowest BCUT2D eigenvalue weighted by Crippen LogP contribution is -2.33. The second-order valence-electron chi connectivity index (χ2n) is 5.77. The Balaban J connectivity index is 1.86. The van der Waals surface area contributed by atoms with E-state index < -0.39 is 0 Å². The minimum absolute atomic E-state index is 0.0702. The molecule has 0 bridgehead atoms. The van der Waals surface area contributed by atoms with E-state index in [1.807, 2.05) is 11.0 Å². The van der Waals surface area contributed by atoms with E-state index in [-0.39, 0.29) is 11.3 Å². The van der Waals surface area contributed by atoms with E-state index in [9.17, 15) is 4.79 Å². The summed E-state index contributed by atoms with van der Waals surface area (Å²) < 4.78 is 0. The third-order valence-electron chi connectivity index (χ3n) is 4.69. The molecule has 0 radical (unpaired) electrons. The van der Waals surface area contributed by atoms with E-state index in [2.05, 4.69) is 44.7 Å². The predicted molar refractivity (Wildman–Crippen MR) is 72.3 cm³/mol. The fourth-order valence-corrected chi connectivity index (χ4v) is 3.54. The van der Waals surface area contributed by atoms with Gasteiger partial charge in [0.2, 0.25) is 5.91 Å². The van der Waals surface area contributed by atoms with Crippen molar-refractivity contribution in [3.8, 4) is 0 Å². The number of rotatable bonds is 3. The van der Waals surface area contributed by atoms with Gasteiger partial charge in [0.15, 0.2) is 0 Å². The number of nitrogens with zero attached hydrogens (tertiary/aromatic N) is 1. The van der Waals surface area contributed by atoms with Crippen molar-refractivity contribution in [3.63, 3.8) is 0 Å². The Morgan fingerprint density at radius 3 is 2.89 bits per heavy atom. The van der Waals surface area contributed by atoms with Crippen molar-refractivity contribution in [3.05, 3.63) is 48.0 Å². The lowest BCUT2D eigenvalue weighted by molar-refractivity contribution is -0.130. The number of hydrogen-bond donors (Lipinski definition) is 0. The SMILES string of the molecule is C=CCN1CC2C(C1=O)C2(C)c1cccc(C)c1. The van der Waals surface area contributed by atoms with Crippen LogP contribution in [0.15, 0.2) is 36.9 Å². The maximum Gasteiger partial charge on any atom is 0.227 e. The highest BCUT2D eigenvalue weighted by molar-refractivity contribution is 5.88. The molecule has 2 fully saturated rings. The minimum Gasteiger partial charge on any atom is -0.338 e. The zero-order valence-corrected chi connectivity index (χ0v) is 11.0. The molecule has 2 aliphatic rings. The van der Waals surface area contributed by atoms with Crippen molar-refractivity contribution < 1.29 is 4.79 Å². The standard InChI is InChI=1S/C16H19NO/c1-4-8-17-10-13-14(15(17)18)16(13,3)12-7-5-6-11(2)9-12/h4-7,9,13-14H,1,8,10H2,2-3H3. The van der Waals surface area contributed by atoms with Crippen LogP contribution in [0.2, 0.25) is 0 Å². The van der Waals surface area contributed by atoms with Crippen molar-refractivity contribution >= 4 is 5.91 Å². The highest BCUT2D eigenvalue weighted by Crippen LogP contribution is 2.63. The molecule has 3 unspecified atom stereocenters. The zero-order chi connectivity index (χ0) is 12.9. The van der Waals surface area contributed by atoms with Gasteiger partial charge in [0, 0.05) is 18.5 Å². The number of likely N-dealkylation sites (tertiary alicyclic amines) is 1. The van der Waals surface area contributed by atoms with Gasteiger partial charge in [-0.05, 0) is 18.4 Å². The molecular weight excluding hydrogens is 222 g/mol. The summed E-state index contributed by atoms with van der Waals surface area (Å²) in [4.78, 5) is 14.2. The summed E-state index contributed by atoms with van der Waals surface area (Å²) in [6, 6.07) is 8.59. The molecule has 1 aromatic rings. The minimum atomic E-state index is 0.0702. The normalized spacial score (nSPS) is 33.4. The Bertz CT molecular complexity index is 522. The van der Waals surface area contributed by atoms with Crippen molar-refractivity contribution in [2.45, 2.75) is 19.3 Å². The third-order valence-corrected chi connectivity index (χ3v) is 4.69. The first kappa shape index (κ1) is 11.5. The summed E-state index contributed by atoms with van der Waals surface area (Å²) in [6.45, 7) is 9.63. The van der Waals surface area contributed by atoms with Crippen LogP contribution in [-0.4, -0.2) is 23.9 Å². The molecule has 0 spiro atoms. The smallest absolute Gasteiger partial charge is 0.227 e. The van der Waals surface area contributed by atoms with Crippen LogP contribution in [0.4, 0.5) is 0 Å². The van der Waals surface area contributed by atoms with E-state index in [4.69, 9.17) is 0 Å². The maximum atomic E-state index is 12.3. The Labute approximate surface area is 108 Å². The van der Waals surface area contributed by atoms with Gasteiger partial charge < -0.3 is 4.90 Å². The van der Waals surface area contributed by atoms with E-state index >= 15 is 0 Å². The molecule has 1 saturated carbocycles. The molecule has 18 heavy (non-hydrogen) atoms. The first-order valence-corrected chi connectivity index (χ1v) is 6.56. The molecular formula is C16H19NO. The fraction of sp³-hybridized carbons (Fsp3) is 0.438. The van der Waals surface area contributed by atoms with Gasteiger partial charge in [-0.25, -0.2) is 0 Å². The van der Waals surface area contributed by atoms with Gasteiger partial charge in [-0.2, -0.15) is 0 Å². The first-order chi connectivity index (χ1) is 8.59. The Morgan fingerprint density at radius 2 is 2.33 bits per heavy atom. The largest absolute Gasteiger partial charge is 0.338 e. The van der Waals surface area contributed by atoms with Gasteiger partial charge in [-0.15, -0.1) is 6.58 Å². The predicted octanol–water partition coefficient (Wildman–Crippen LogP) is 2.53. The van der Waals surface area contributed by atoms with Crippen molar-refractivity contribution in [2.24, 2.45) is 11.8 Å². The van der Waals surface area contributed by atoms with Gasteiger partial charge in [0.25, 0.3) is 0 Å².